The van der Waals surface area contributed by atoms with Crippen LogP contribution in [0.3, 0.4) is 0 Å². The van der Waals surface area contributed by atoms with Crippen LogP contribution in [0.5, 0.6) is 0 Å². The van der Waals surface area contributed by atoms with Crippen molar-refractivity contribution in [2.45, 2.75) is 51.4 Å². The number of hydrogen-bond donors (Lipinski definition) is 1. The van der Waals surface area contributed by atoms with Crippen LogP contribution in [0, 0.1) is 5.92 Å². The lowest BCUT2D eigenvalue weighted by Gasteiger charge is -2.26. The molecule has 2 atom stereocenters. The van der Waals surface area contributed by atoms with Gasteiger partial charge in [0.2, 0.25) is 10.0 Å². The molecule has 5 nitrogen and oxygen atoms in total. The summed E-state index contributed by atoms with van der Waals surface area (Å²) in [6, 6.07) is -0.904. The molecule has 7 heteroatoms. The molecule has 1 rings (SSSR count). The summed E-state index contributed by atoms with van der Waals surface area (Å²) in [5.74, 6) is -0.368. The van der Waals surface area contributed by atoms with Gasteiger partial charge in [0.25, 0.3) is 0 Å². The minimum atomic E-state index is -3.49. The number of carboxylic acids is 1. The van der Waals surface area contributed by atoms with Gasteiger partial charge in [-0.15, -0.1) is 11.8 Å². The van der Waals surface area contributed by atoms with Crippen molar-refractivity contribution in [2.24, 2.45) is 5.92 Å². The second-order valence-corrected chi connectivity index (χ2v) is 8.46. The zero-order chi connectivity index (χ0) is 14.6. The van der Waals surface area contributed by atoms with E-state index in [9.17, 15) is 18.3 Å². The van der Waals surface area contributed by atoms with Crippen molar-refractivity contribution in [3.05, 3.63) is 0 Å². The molecule has 2 unspecified atom stereocenters. The van der Waals surface area contributed by atoms with Crippen molar-refractivity contribution < 1.29 is 18.3 Å². The third-order valence-corrected chi connectivity index (χ3v) is 6.52. The number of aliphatic carboxylic acids is 1. The number of carbonyl (C=O) groups is 1. The SMILES string of the molecule is CCCC1SCC(C(=O)O)N1S(=O)(=O)CCC(C)C. The number of sulfonamides is 1. The Morgan fingerprint density at radius 2 is 2.11 bits per heavy atom. The van der Waals surface area contributed by atoms with Crippen molar-refractivity contribution in [2.75, 3.05) is 11.5 Å². The summed E-state index contributed by atoms with van der Waals surface area (Å²) >= 11 is 1.44. The van der Waals surface area contributed by atoms with Gasteiger partial charge in [0.15, 0.2) is 0 Å². The first kappa shape index (κ1) is 16.8. The lowest BCUT2D eigenvalue weighted by Crippen LogP contribution is -2.46. The average Bonchev–Trinajstić information content (AvgIpc) is 2.72. The van der Waals surface area contributed by atoms with Gasteiger partial charge < -0.3 is 5.11 Å². The van der Waals surface area contributed by atoms with Crippen LogP contribution >= 0.6 is 11.8 Å². The van der Waals surface area contributed by atoms with Gasteiger partial charge >= 0.3 is 5.97 Å². The number of carboxylic acid groups (broad SMARTS) is 1. The second kappa shape index (κ2) is 6.95. The molecule has 1 aliphatic heterocycles. The van der Waals surface area contributed by atoms with Crippen molar-refractivity contribution >= 4 is 27.8 Å². The predicted octanol–water partition coefficient (Wildman–Crippen LogP) is 1.99. The van der Waals surface area contributed by atoms with Gasteiger partial charge in [0.1, 0.15) is 6.04 Å². The number of thioether (sulfide) groups is 1. The van der Waals surface area contributed by atoms with Crippen molar-refractivity contribution in [1.82, 2.24) is 4.31 Å². The highest BCUT2D eigenvalue weighted by molar-refractivity contribution is 8.01. The van der Waals surface area contributed by atoms with Crippen LogP contribution in [-0.4, -0.2) is 46.7 Å². The first-order chi connectivity index (χ1) is 8.79. The molecule has 0 bridgehead atoms. The Morgan fingerprint density at radius 1 is 1.47 bits per heavy atom. The average molecular weight is 309 g/mol. The Labute approximate surface area is 119 Å². The van der Waals surface area contributed by atoms with Crippen molar-refractivity contribution in [1.29, 1.82) is 0 Å². The van der Waals surface area contributed by atoms with E-state index in [2.05, 4.69) is 0 Å². The monoisotopic (exact) mass is 309 g/mol. The Hall–Kier alpha value is -0.270. The van der Waals surface area contributed by atoms with Crippen LogP contribution in [0.1, 0.15) is 40.0 Å². The third-order valence-electron chi connectivity index (χ3n) is 3.13. The van der Waals surface area contributed by atoms with Gasteiger partial charge in [0, 0.05) is 5.75 Å². The van der Waals surface area contributed by atoms with Crippen LogP contribution in [0.4, 0.5) is 0 Å². The van der Waals surface area contributed by atoms with Gasteiger partial charge in [-0.1, -0.05) is 27.2 Å². The van der Waals surface area contributed by atoms with Crippen LogP contribution in [-0.2, 0) is 14.8 Å². The molecule has 1 saturated heterocycles. The molecule has 1 heterocycles. The van der Waals surface area contributed by atoms with E-state index in [1.54, 1.807) is 0 Å². The normalized spacial score (nSPS) is 25.1. The zero-order valence-corrected chi connectivity index (χ0v) is 13.3. The van der Waals surface area contributed by atoms with E-state index in [-0.39, 0.29) is 17.0 Å². The van der Waals surface area contributed by atoms with E-state index in [1.807, 2.05) is 20.8 Å². The molecule has 0 spiro atoms. The lowest BCUT2D eigenvalue weighted by atomic mass is 10.2. The minimum Gasteiger partial charge on any atom is -0.480 e. The molecule has 0 amide bonds. The summed E-state index contributed by atoms with van der Waals surface area (Å²) in [5, 5.41) is 8.97. The molecule has 1 aliphatic rings. The molecule has 1 fully saturated rings. The molecule has 0 aromatic heterocycles. The smallest absolute Gasteiger partial charge is 0.322 e. The fraction of sp³-hybridized carbons (Fsp3) is 0.917. The number of nitrogens with zero attached hydrogens (tertiary/aromatic N) is 1. The Bertz CT molecular complexity index is 408. The second-order valence-electron chi connectivity index (χ2n) is 5.26. The predicted molar refractivity (Wildman–Crippen MR) is 77.7 cm³/mol. The van der Waals surface area contributed by atoms with Gasteiger partial charge in [0.05, 0.1) is 11.1 Å². The molecular weight excluding hydrogens is 286 g/mol. The first-order valence-corrected chi connectivity index (χ1v) is 9.31. The standard InChI is InChI=1S/C12H23NO4S2/c1-4-5-11-13(10(8-18-11)12(14)15)19(16,17)7-6-9(2)3/h9-11H,4-8H2,1-3H3,(H,14,15). The Balaban J connectivity index is 2.91. The van der Waals surface area contributed by atoms with Crippen LogP contribution in [0.25, 0.3) is 0 Å². The highest BCUT2D eigenvalue weighted by Gasteiger charge is 2.44. The minimum absolute atomic E-state index is 0.0369. The van der Waals surface area contributed by atoms with Crippen molar-refractivity contribution in [3.8, 4) is 0 Å². The molecule has 112 valence electrons. The molecule has 19 heavy (non-hydrogen) atoms. The summed E-state index contributed by atoms with van der Waals surface area (Å²) < 4.78 is 26.0. The molecule has 0 aromatic rings. The summed E-state index contributed by atoms with van der Waals surface area (Å²) in [7, 11) is -3.49. The molecule has 0 aliphatic carbocycles. The van der Waals surface area contributed by atoms with E-state index >= 15 is 0 Å². The largest absolute Gasteiger partial charge is 0.480 e. The van der Waals surface area contributed by atoms with Crippen LogP contribution < -0.4 is 0 Å². The summed E-state index contributed by atoms with van der Waals surface area (Å²) in [4.78, 5) is 11.2. The maximum absolute atomic E-state index is 12.4. The third kappa shape index (κ3) is 4.36. The Kier molecular flexibility index (Phi) is 6.14. The van der Waals surface area contributed by atoms with Gasteiger partial charge in [-0.3, -0.25) is 4.79 Å². The molecule has 0 saturated carbocycles. The van der Waals surface area contributed by atoms with Crippen LogP contribution in [0.15, 0.2) is 0 Å². The number of hydrogen-bond acceptors (Lipinski definition) is 4. The zero-order valence-electron chi connectivity index (χ0n) is 11.7. The topological polar surface area (TPSA) is 74.7 Å². The van der Waals surface area contributed by atoms with Crippen LogP contribution in [0.2, 0.25) is 0 Å². The van der Waals surface area contributed by atoms with E-state index in [1.165, 1.54) is 16.1 Å². The lowest BCUT2D eigenvalue weighted by molar-refractivity contribution is -0.140. The summed E-state index contributed by atoms with van der Waals surface area (Å²) in [5.41, 5.74) is 0. The van der Waals surface area contributed by atoms with E-state index < -0.39 is 22.0 Å². The highest BCUT2D eigenvalue weighted by atomic mass is 32.2. The number of rotatable bonds is 7. The maximum Gasteiger partial charge on any atom is 0.322 e. The molecular formula is C12H23NO4S2. The highest BCUT2D eigenvalue weighted by Crippen LogP contribution is 2.35. The Morgan fingerprint density at radius 3 is 2.58 bits per heavy atom. The first-order valence-electron chi connectivity index (χ1n) is 6.65. The molecule has 0 radical (unpaired) electrons. The van der Waals surface area contributed by atoms with E-state index in [0.29, 0.717) is 18.6 Å². The molecule has 0 aromatic carbocycles. The maximum atomic E-state index is 12.4. The van der Waals surface area contributed by atoms with E-state index in [0.717, 1.165) is 6.42 Å². The summed E-state index contributed by atoms with van der Waals surface area (Å²) in [6.45, 7) is 5.91. The summed E-state index contributed by atoms with van der Waals surface area (Å²) in [6.07, 6.45) is 2.12. The molecule has 1 N–H and O–H groups in total. The fourth-order valence-electron chi connectivity index (χ4n) is 2.05. The van der Waals surface area contributed by atoms with Crippen molar-refractivity contribution in [3.63, 3.8) is 0 Å². The quantitative estimate of drug-likeness (QED) is 0.778. The van der Waals surface area contributed by atoms with Gasteiger partial charge in [-0.2, -0.15) is 4.31 Å². The van der Waals surface area contributed by atoms with E-state index in [4.69, 9.17) is 0 Å². The van der Waals surface area contributed by atoms with Gasteiger partial charge in [-0.05, 0) is 18.8 Å². The fourth-order valence-corrected chi connectivity index (χ4v) is 6.12. The van der Waals surface area contributed by atoms with Gasteiger partial charge in [-0.25, -0.2) is 8.42 Å².